The van der Waals surface area contributed by atoms with Crippen LogP contribution in [0.1, 0.15) is 0 Å². The largest absolute Gasteiger partial charge is 0.437 e. The Labute approximate surface area is 52.4 Å². The molecule has 1 rings (SSSR count). The van der Waals surface area contributed by atoms with Crippen molar-refractivity contribution >= 4 is 0 Å². The third-order valence-electron chi connectivity index (χ3n) is 0.872. The lowest BCUT2D eigenvalue weighted by Crippen LogP contribution is -2.40. The smallest absolute Gasteiger partial charge is 0.260 e. The van der Waals surface area contributed by atoms with Gasteiger partial charge in [-0.15, -0.1) is 0 Å². The van der Waals surface area contributed by atoms with E-state index in [1.165, 1.54) is 6.08 Å². The van der Waals surface area contributed by atoms with E-state index < -0.39 is 12.6 Å². The van der Waals surface area contributed by atoms with Crippen LogP contribution >= 0.6 is 0 Å². The van der Waals surface area contributed by atoms with Gasteiger partial charge in [0.15, 0.2) is 5.88 Å². The predicted octanol–water partition coefficient (Wildman–Crippen LogP) is -1.64. The van der Waals surface area contributed by atoms with E-state index in [2.05, 4.69) is 4.74 Å². The van der Waals surface area contributed by atoms with Crippen LogP contribution in [-0.4, -0.2) is 12.6 Å². The molecule has 0 spiro atoms. The van der Waals surface area contributed by atoms with E-state index in [4.69, 9.17) is 21.9 Å². The summed E-state index contributed by atoms with van der Waals surface area (Å²) in [5.74, 6) is 0.209. The molecule has 1 aliphatic rings. The van der Waals surface area contributed by atoms with Gasteiger partial charge in [0.1, 0.15) is 6.23 Å². The summed E-state index contributed by atoms with van der Waals surface area (Å²) >= 11 is 0. The first-order valence-corrected chi connectivity index (χ1v) is 2.49. The molecule has 2 atom stereocenters. The van der Waals surface area contributed by atoms with Crippen molar-refractivity contribution < 1.29 is 9.47 Å². The van der Waals surface area contributed by atoms with Gasteiger partial charge < -0.3 is 20.9 Å². The lowest BCUT2D eigenvalue weighted by atomic mass is 10.5. The minimum atomic E-state index is -0.829. The first-order chi connectivity index (χ1) is 4.18. The molecule has 0 saturated heterocycles. The van der Waals surface area contributed by atoms with Crippen molar-refractivity contribution in [1.29, 1.82) is 0 Å². The Morgan fingerprint density at radius 1 is 1.44 bits per heavy atom. The van der Waals surface area contributed by atoms with Crippen LogP contribution in [0.2, 0.25) is 0 Å². The molecule has 5 nitrogen and oxygen atoms in total. The van der Waals surface area contributed by atoms with Crippen LogP contribution in [0.3, 0.4) is 0 Å². The highest BCUT2D eigenvalue weighted by molar-refractivity contribution is 4.93. The van der Waals surface area contributed by atoms with E-state index >= 15 is 0 Å². The Morgan fingerprint density at radius 2 is 2.11 bits per heavy atom. The normalized spacial score (nSPS) is 35.1. The van der Waals surface area contributed by atoms with Gasteiger partial charge in [-0.05, 0) is 0 Å². The van der Waals surface area contributed by atoms with E-state index in [0.717, 1.165) is 0 Å². The second-order valence-corrected chi connectivity index (χ2v) is 1.66. The lowest BCUT2D eigenvalue weighted by molar-refractivity contribution is -0.149. The first-order valence-electron chi connectivity index (χ1n) is 2.49. The fraction of sp³-hybridized carbons (Fsp3) is 0.500. The topological polar surface area (TPSA) is 96.5 Å². The van der Waals surface area contributed by atoms with Crippen LogP contribution in [0, 0.1) is 0 Å². The molecule has 52 valence electrons. The molecule has 9 heavy (non-hydrogen) atoms. The molecule has 5 heteroatoms. The fourth-order valence-corrected chi connectivity index (χ4v) is 0.557. The second kappa shape index (κ2) is 2.22. The maximum absolute atomic E-state index is 5.28. The van der Waals surface area contributed by atoms with Gasteiger partial charge in [0.05, 0.1) is 0 Å². The van der Waals surface area contributed by atoms with Gasteiger partial charge in [0.25, 0.3) is 6.41 Å². The number of nitrogens with two attached hydrogens (primary N) is 3. The Kier molecular flexibility index (Phi) is 1.56. The van der Waals surface area contributed by atoms with E-state index in [0.29, 0.717) is 0 Å². The summed E-state index contributed by atoms with van der Waals surface area (Å²) < 4.78 is 9.40. The zero-order valence-corrected chi connectivity index (χ0v) is 4.78. The van der Waals surface area contributed by atoms with Crippen molar-refractivity contribution in [3.8, 4) is 0 Å². The third-order valence-corrected chi connectivity index (χ3v) is 0.872. The van der Waals surface area contributed by atoms with Crippen LogP contribution in [0.4, 0.5) is 0 Å². The van der Waals surface area contributed by atoms with Gasteiger partial charge >= 0.3 is 0 Å². The molecule has 0 bridgehead atoms. The molecule has 0 aromatic carbocycles. The summed E-state index contributed by atoms with van der Waals surface area (Å²) in [6, 6.07) is 0. The SMILES string of the molecule is NC1=CC(N)OC(N)O1. The molecule has 1 aliphatic heterocycles. The van der Waals surface area contributed by atoms with Crippen molar-refractivity contribution in [2.45, 2.75) is 12.6 Å². The van der Waals surface area contributed by atoms with E-state index in [1.54, 1.807) is 0 Å². The van der Waals surface area contributed by atoms with Crippen LogP contribution in [-0.2, 0) is 9.47 Å². The van der Waals surface area contributed by atoms with Gasteiger partial charge in [0.2, 0.25) is 0 Å². The van der Waals surface area contributed by atoms with Crippen molar-refractivity contribution in [3.63, 3.8) is 0 Å². The molecule has 0 amide bonds. The van der Waals surface area contributed by atoms with Gasteiger partial charge in [-0.2, -0.15) is 0 Å². The summed E-state index contributed by atoms with van der Waals surface area (Å²) in [6.07, 6.45) is 0.0577. The Morgan fingerprint density at radius 3 is 2.56 bits per heavy atom. The third kappa shape index (κ3) is 1.56. The predicted molar refractivity (Wildman–Crippen MR) is 30.4 cm³/mol. The summed E-state index contributed by atoms with van der Waals surface area (Å²) in [5, 5.41) is 0. The van der Waals surface area contributed by atoms with Crippen LogP contribution in [0.15, 0.2) is 12.0 Å². The summed E-state index contributed by atoms with van der Waals surface area (Å²) in [4.78, 5) is 0. The zero-order valence-electron chi connectivity index (χ0n) is 4.78. The Balaban J connectivity index is 2.56. The minimum Gasteiger partial charge on any atom is -0.437 e. The van der Waals surface area contributed by atoms with Crippen LogP contribution < -0.4 is 17.2 Å². The van der Waals surface area contributed by atoms with Gasteiger partial charge in [-0.25, -0.2) is 0 Å². The van der Waals surface area contributed by atoms with Gasteiger partial charge in [-0.1, -0.05) is 0 Å². The zero-order chi connectivity index (χ0) is 6.85. The average molecular weight is 131 g/mol. The van der Waals surface area contributed by atoms with E-state index in [-0.39, 0.29) is 5.88 Å². The van der Waals surface area contributed by atoms with Gasteiger partial charge in [-0.3, -0.25) is 5.73 Å². The molecule has 1 heterocycles. The Hall–Kier alpha value is -0.780. The highest BCUT2D eigenvalue weighted by Gasteiger charge is 2.14. The Bertz CT molecular complexity index is 136. The summed E-state index contributed by atoms with van der Waals surface area (Å²) in [7, 11) is 0. The second-order valence-electron chi connectivity index (χ2n) is 1.66. The maximum Gasteiger partial charge on any atom is 0.260 e. The quantitative estimate of drug-likeness (QED) is 0.366. The number of hydrogen-bond acceptors (Lipinski definition) is 5. The van der Waals surface area contributed by atoms with E-state index in [9.17, 15) is 0 Å². The molecule has 0 aliphatic carbocycles. The van der Waals surface area contributed by atoms with E-state index in [1.807, 2.05) is 0 Å². The fourth-order valence-electron chi connectivity index (χ4n) is 0.557. The highest BCUT2D eigenvalue weighted by atomic mass is 16.7. The number of ether oxygens (including phenoxy) is 2. The average Bonchev–Trinajstić information content (AvgIpc) is 1.59. The first kappa shape index (κ1) is 6.34. The molecule has 0 aromatic rings. The molecule has 0 saturated carbocycles. The maximum atomic E-state index is 5.28. The number of rotatable bonds is 0. The standard InChI is InChI=1S/C4H9N3O2/c5-2-1-3(6)9-4(7)8-2/h1-2,4H,5-7H2. The molecular formula is C4H9N3O2. The number of hydrogen-bond donors (Lipinski definition) is 3. The van der Waals surface area contributed by atoms with Crippen LogP contribution in [0.5, 0.6) is 0 Å². The summed E-state index contributed by atoms with van der Waals surface area (Å²) in [5.41, 5.74) is 15.7. The highest BCUT2D eigenvalue weighted by Crippen LogP contribution is 2.04. The minimum absolute atomic E-state index is 0.209. The van der Waals surface area contributed by atoms with Crippen molar-refractivity contribution in [3.05, 3.63) is 12.0 Å². The molecule has 0 aromatic heterocycles. The van der Waals surface area contributed by atoms with Gasteiger partial charge in [0, 0.05) is 6.08 Å². The van der Waals surface area contributed by atoms with Crippen LogP contribution in [0.25, 0.3) is 0 Å². The molecular weight excluding hydrogens is 122 g/mol. The van der Waals surface area contributed by atoms with Crippen molar-refractivity contribution in [2.75, 3.05) is 0 Å². The summed E-state index contributed by atoms with van der Waals surface area (Å²) in [6.45, 7) is 0. The van der Waals surface area contributed by atoms with Crippen molar-refractivity contribution in [1.82, 2.24) is 0 Å². The lowest BCUT2D eigenvalue weighted by Gasteiger charge is -2.22. The molecule has 2 unspecified atom stereocenters. The monoisotopic (exact) mass is 131 g/mol. The molecule has 0 radical (unpaired) electrons. The molecule has 0 fully saturated rings. The van der Waals surface area contributed by atoms with Crippen molar-refractivity contribution in [2.24, 2.45) is 17.2 Å². The molecule has 6 N–H and O–H groups in total.